The average Bonchev–Trinajstić information content (AvgIpc) is 2.86. The van der Waals surface area contributed by atoms with Crippen molar-refractivity contribution in [2.75, 3.05) is 0 Å². The number of hydrogen-bond donors (Lipinski definition) is 0. The fourth-order valence-corrected chi connectivity index (χ4v) is 3.12. The van der Waals surface area contributed by atoms with Crippen LogP contribution in [0.25, 0.3) is 0 Å². The van der Waals surface area contributed by atoms with Gasteiger partial charge in [-0.05, 0) is 37.5 Å². The van der Waals surface area contributed by atoms with E-state index in [0.29, 0.717) is 4.90 Å². The lowest BCUT2D eigenvalue weighted by atomic mass is 10.2. The van der Waals surface area contributed by atoms with Crippen LogP contribution >= 0.6 is 0 Å². The predicted molar refractivity (Wildman–Crippen MR) is 51.4 cm³/mol. The molecule has 1 aliphatic rings. The summed E-state index contributed by atoms with van der Waals surface area (Å²) >= 11 is 0. The molecule has 2 rings (SSSR count). The van der Waals surface area contributed by atoms with Gasteiger partial charge in [0, 0.05) is 0 Å². The van der Waals surface area contributed by atoms with Crippen LogP contribution in [0.2, 0.25) is 0 Å². The number of hydrogen-bond acceptors (Lipinski definition) is 2. The molecule has 0 saturated heterocycles. The maximum atomic E-state index is 11.7. The highest BCUT2D eigenvalue weighted by atomic mass is 32.2. The minimum atomic E-state index is -2.99. The molecular weight excluding hydrogens is 184 g/mol. The van der Waals surface area contributed by atoms with Crippen molar-refractivity contribution in [1.82, 2.24) is 0 Å². The second kappa shape index (κ2) is 2.84. The van der Waals surface area contributed by atoms with Crippen LogP contribution in [0.5, 0.6) is 0 Å². The molecule has 0 atom stereocenters. The van der Waals surface area contributed by atoms with Crippen LogP contribution in [0.1, 0.15) is 18.4 Å². The highest BCUT2D eigenvalue weighted by molar-refractivity contribution is 7.92. The monoisotopic (exact) mass is 196 g/mol. The molecular formula is C10H12O2S. The number of benzene rings is 1. The molecule has 1 aromatic rings. The second-order valence-electron chi connectivity index (χ2n) is 3.56. The zero-order valence-corrected chi connectivity index (χ0v) is 8.34. The van der Waals surface area contributed by atoms with Crippen molar-refractivity contribution in [3.8, 4) is 0 Å². The summed E-state index contributed by atoms with van der Waals surface area (Å²) in [5.41, 5.74) is 1.00. The first-order chi connectivity index (χ1) is 6.10. The SMILES string of the molecule is Cc1cccc(S(=O)(=O)C2CC2)c1. The standard InChI is InChI=1S/C10H12O2S/c1-8-3-2-4-10(7-8)13(11,12)9-5-6-9/h2-4,7,9H,5-6H2,1H3. The van der Waals surface area contributed by atoms with Crippen LogP contribution in [-0.4, -0.2) is 13.7 Å². The lowest BCUT2D eigenvalue weighted by Crippen LogP contribution is -2.06. The van der Waals surface area contributed by atoms with Crippen molar-refractivity contribution in [2.45, 2.75) is 29.9 Å². The van der Waals surface area contributed by atoms with Crippen molar-refractivity contribution in [1.29, 1.82) is 0 Å². The van der Waals surface area contributed by atoms with Gasteiger partial charge in [-0.2, -0.15) is 0 Å². The summed E-state index contributed by atoms with van der Waals surface area (Å²) in [5.74, 6) is 0. The van der Waals surface area contributed by atoms with Crippen molar-refractivity contribution in [2.24, 2.45) is 0 Å². The first kappa shape index (κ1) is 8.75. The van der Waals surface area contributed by atoms with E-state index < -0.39 is 9.84 Å². The topological polar surface area (TPSA) is 34.1 Å². The number of sulfone groups is 1. The minimum absolute atomic E-state index is 0.103. The Morgan fingerprint density at radius 3 is 2.54 bits per heavy atom. The summed E-state index contributed by atoms with van der Waals surface area (Å²) in [6.45, 7) is 1.91. The van der Waals surface area contributed by atoms with Gasteiger partial charge in [-0.25, -0.2) is 8.42 Å². The lowest BCUT2D eigenvalue weighted by Gasteiger charge is -2.02. The largest absolute Gasteiger partial charge is 0.223 e. The molecule has 0 aliphatic heterocycles. The Bertz CT molecular complexity index is 416. The third-order valence-electron chi connectivity index (χ3n) is 2.28. The average molecular weight is 196 g/mol. The molecule has 70 valence electrons. The molecule has 0 radical (unpaired) electrons. The van der Waals surface area contributed by atoms with Crippen molar-refractivity contribution < 1.29 is 8.42 Å². The molecule has 0 bridgehead atoms. The normalized spacial score (nSPS) is 17.3. The van der Waals surface area contributed by atoms with Crippen LogP contribution in [0, 0.1) is 6.92 Å². The van der Waals surface area contributed by atoms with E-state index in [2.05, 4.69) is 0 Å². The molecule has 3 heteroatoms. The Kier molecular flexibility index (Phi) is 1.91. The van der Waals surface area contributed by atoms with Gasteiger partial charge in [0.25, 0.3) is 0 Å². The van der Waals surface area contributed by atoms with Crippen LogP contribution in [0.4, 0.5) is 0 Å². The second-order valence-corrected chi connectivity index (χ2v) is 5.79. The number of aryl methyl sites for hydroxylation is 1. The van der Waals surface area contributed by atoms with Crippen molar-refractivity contribution in [3.05, 3.63) is 29.8 Å². The highest BCUT2D eigenvalue weighted by Gasteiger charge is 2.36. The van der Waals surface area contributed by atoms with Gasteiger partial charge in [0.1, 0.15) is 0 Å². The van der Waals surface area contributed by atoms with E-state index in [1.165, 1.54) is 0 Å². The van der Waals surface area contributed by atoms with E-state index in [-0.39, 0.29) is 5.25 Å². The summed E-state index contributed by atoms with van der Waals surface area (Å²) in [7, 11) is -2.99. The molecule has 13 heavy (non-hydrogen) atoms. The quantitative estimate of drug-likeness (QED) is 0.724. The Morgan fingerprint density at radius 2 is 2.00 bits per heavy atom. The first-order valence-corrected chi connectivity index (χ1v) is 5.96. The highest BCUT2D eigenvalue weighted by Crippen LogP contribution is 2.33. The molecule has 1 aromatic carbocycles. The Hall–Kier alpha value is -0.830. The van der Waals surface area contributed by atoms with Gasteiger partial charge in [-0.3, -0.25) is 0 Å². The van der Waals surface area contributed by atoms with E-state index in [0.717, 1.165) is 18.4 Å². The van der Waals surface area contributed by atoms with Crippen LogP contribution < -0.4 is 0 Å². The van der Waals surface area contributed by atoms with Gasteiger partial charge in [-0.1, -0.05) is 12.1 Å². The van der Waals surface area contributed by atoms with Crippen LogP contribution in [-0.2, 0) is 9.84 Å². The summed E-state index contributed by atoms with van der Waals surface area (Å²) in [5, 5.41) is -0.103. The molecule has 0 unspecified atom stereocenters. The molecule has 2 nitrogen and oxygen atoms in total. The molecule has 0 spiro atoms. The van der Waals surface area contributed by atoms with E-state index in [9.17, 15) is 8.42 Å². The predicted octanol–water partition coefficient (Wildman–Crippen LogP) is 1.93. The summed E-state index contributed by atoms with van der Waals surface area (Å²) in [6.07, 6.45) is 1.66. The molecule has 0 aromatic heterocycles. The zero-order chi connectivity index (χ0) is 9.47. The fourth-order valence-electron chi connectivity index (χ4n) is 1.36. The minimum Gasteiger partial charge on any atom is -0.223 e. The first-order valence-electron chi connectivity index (χ1n) is 4.41. The maximum Gasteiger partial charge on any atom is 0.181 e. The van der Waals surface area contributed by atoms with Crippen molar-refractivity contribution >= 4 is 9.84 Å². The Balaban J connectivity index is 2.45. The summed E-state index contributed by atoms with van der Waals surface area (Å²) in [6, 6.07) is 7.13. The molecule has 1 saturated carbocycles. The summed E-state index contributed by atoms with van der Waals surface area (Å²) < 4.78 is 23.5. The van der Waals surface area contributed by atoms with E-state index in [4.69, 9.17) is 0 Å². The molecule has 0 N–H and O–H groups in total. The summed E-state index contributed by atoms with van der Waals surface area (Å²) in [4.78, 5) is 0.481. The molecule has 1 aliphatic carbocycles. The molecule has 0 heterocycles. The number of rotatable bonds is 2. The van der Waals surface area contributed by atoms with E-state index in [1.54, 1.807) is 18.2 Å². The third kappa shape index (κ3) is 1.61. The lowest BCUT2D eigenvalue weighted by molar-refractivity contribution is 0.594. The zero-order valence-electron chi connectivity index (χ0n) is 7.53. The van der Waals surface area contributed by atoms with Gasteiger partial charge in [-0.15, -0.1) is 0 Å². The fraction of sp³-hybridized carbons (Fsp3) is 0.400. The van der Waals surface area contributed by atoms with E-state index in [1.807, 2.05) is 13.0 Å². The van der Waals surface area contributed by atoms with Crippen LogP contribution in [0.15, 0.2) is 29.2 Å². The molecule has 0 amide bonds. The van der Waals surface area contributed by atoms with Crippen LogP contribution in [0.3, 0.4) is 0 Å². The van der Waals surface area contributed by atoms with Gasteiger partial charge in [0.05, 0.1) is 10.1 Å². The smallest absolute Gasteiger partial charge is 0.181 e. The Labute approximate surface area is 78.5 Å². The molecule has 1 fully saturated rings. The van der Waals surface area contributed by atoms with Gasteiger partial charge >= 0.3 is 0 Å². The third-order valence-corrected chi connectivity index (χ3v) is 4.54. The maximum absolute atomic E-state index is 11.7. The Morgan fingerprint density at radius 1 is 1.31 bits per heavy atom. The van der Waals surface area contributed by atoms with Crippen molar-refractivity contribution in [3.63, 3.8) is 0 Å². The van der Waals surface area contributed by atoms with Gasteiger partial charge in [0.2, 0.25) is 0 Å². The van der Waals surface area contributed by atoms with E-state index >= 15 is 0 Å². The van der Waals surface area contributed by atoms with Gasteiger partial charge < -0.3 is 0 Å². The van der Waals surface area contributed by atoms with Gasteiger partial charge in [0.15, 0.2) is 9.84 Å².